The normalized spacial score (nSPS) is 21.5. The van der Waals surface area contributed by atoms with Gasteiger partial charge in [0.15, 0.2) is 0 Å². The van der Waals surface area contributed by atoms with Crippen molar-refractivity contribution in [1.29, 1.82) is 0 Å². The quantitative estimate of drug-likeness (QED) is 0.332. The minimum absolute atomic E-state index is 0.181. The van der Waals surface area contributed by atoms with Gasteiger partial charge in [-0.15, -0.1) is 0 Å². The van der Waals surface area contributed by atoms with Crippen molar-refractivity contribution >= 4 is 16.9 Å². The lowest BCUT2D eigenvalue weighted by Crippen LogP contribution is -2.18. The van der Waals surface area contributed by atoms with Gasteiger partial charge in [-0.1, -0.05) is 66.2 Å². The number of amides is 1. The van der Waals surface area contributed by atoms with Gasteiger partial charge in [-0.25, -0.2) is 4.98 Å². The van der Waals surface area contributed by atoms with Crippen LogP contribution in [0.5, 0.6) is 0 Å². The third-order valence-corrected chi connectivity index (χ3v) is 8.23. The van der Waals surface area contributed by atoms with Gasteiger partial charge in [0.1, 0.15) is 11.5 Å². The number of fused-ring (bicyclic) bond motifs is 5. The standard InChI is InChI=1S/C32H28N4O/c1-18-9-10-19(2)23(15-18)30-28-27(20-7-5-4-6-8-20)29(28)31-35-24-13-11-21(16-26(24)36(30)31)22-12-14-25(34-17-22)32(37)33-3/h4-17,27-30H,1-3H3,(H,33,37)/t27-,28-,29+,30-/m1/s1. The molecule has 0 radical (unpaired) electrons. The maximum absolute atomic E-state index is 11.9. The predicted octanol–water partition coefficient (Wildman–Crippen LogP) is 6.17. The van der Waals surface area contributed by atoms with Crippen molar-refractivity contribution in [3.63, 3.8) is 0 Å². The van der Waals surface area contributed by atoms with Crippen LogP contribution >= 0.6 is 0 Å². The van der Waals surface area contributed by atoms with Crippen LogP contribution in [0.25, 0.3) is 22.2 Å². The summed E-state index contributed by atoms with van der Waals surface area (Å²) in [6.45, 7) is 4.41. The van der Waals surface area contributed by atoms with Crippen LogP contribution in [0.2, 0.25) is 0 Å². The van der Waals surface area contributed by atoms with Crippen molar-refractivity contribution in [3.8, 4) is 11.1 Å². The summed E-state index contributed by atoms with van der Waals surface area (Å²) in [5, 5.41) is 2.63. The fraction of sp³-hybridized carbons (Fsp3) is 0.219. The number of aromatic nitrogens is 3. The molecule has 1 amide bonds. The van der Waals surface area contributed by atoms with Crippen LogP contribution in [0.4, 0.5) is 0 Å². The number of imidazole rings is 1. The van der Waals surface area contributed by atoms with Crippen LogP contribution in [-0.2, 0) is 0 Å². The number of nitrogens with zero attached hydrogens (tertiary/aromatic N) is 3. The molecule has 1 saturated carbocycles. The molecule has 0 bridgehead atoms. The molecule has 2 aliphatic rings. The third kappa shape index (κ3) is 3.34. The predicted molar refractivity (Wildman–Crippen MR) is 146 cm³/mol. The van der Waals surface area contributed by atoms with Gasteiger partial charge in [-0.05, 0) is 60.2 Å². The van der Waals surface area contributed by atoms with Crippen LogP contribution in [0, 0.1) is 19.8 Å². The number of rotatable bonds is 4. The first kappa shape index (κ1) is 22.0. The van der Waals surface area contributed by atoms with E-state index in [1.807, 2.05) is 6.07 Å². The highest BCUT2D eigenvalue weighted by molar-refractivity contribution is 5.92. The zero-order chi connectivity index (χ0) is 25.3. The molecule has 3 aromatic carbocycles. The highest BCUT2D eigenvalue weighted by atomic mass is 16.1. The molecule has 5 aromatic rings. The molecule has 5 nitrogen and oxygen atoms in total. The summed E-state index contributed by atoms with van der Waals surface area (Å²) < 4.78 is 2.50. The lowest BCUT2D eigenvalue weighted by molar-refractivity contribution is 0.0958. The van der Waals surface area contributed by atoms with Gasteiger partial charge in [-0.3, -0.25) is 9.78 Å². The first-order valence-corrected chi connectivity index (χ1v) is 12.9. The number of nitrogens with one attached hydrogen (secondary N) is 1. The van der Waals surface area contributed by atoms with E-state index >= 15 is 0 Å². The van der Waals surface area contributed by atoms with Crippen molar-refractivity contribution in [3.05, 3.63) is 119 Å². The number of hydrogen-bond acceptors (Lipinski definition) is 3. The Morgan fingerprint density at radius 3 is 2.46 bits per heavy atom. The number of benzene rings is 3. The first-order chi connectivity index (χ1) is 18.0. The summed E-state index contributed by atoms with van der Waals surface area (Å²) in [5.41, 5.74) is 10.1. The minimum atomic E-state index is -0.181. The second-order valence-electron chi connectivity index (χ2n) is 10.4. The molecular weight excluding hydrogens is 456 g/mol. The molecule has 1 aliphatic heterocycles. The van der Waals surface area contributed by atoms with E-state index in [9.17, 15) is 4.79 Å². The van der Waals surface area contributed by atoms with Crippen LogP contribution in [0.1, 0.15) is 56.4 Å². The Labute approximate surface area is 216 Å². The second-order valence-corrected chi connectivity index (χ2v) is 10.4. The molecule has 3 heterocycles. The summed E-state index contributed by atoms with van der Waals surface area (Å²) in [7, 11) is 1.62. The molecule has 7 rings (SSSR count). The number of carbonyl (C=O) groups is 1. The fourth-order valence-electron chi connectivity index (χ4n) is 6.41. The van der Waals surface area contributed by atoms with Crippen LogP contribution in [0.15, 0.2) is 85.1 Å². The molecule has 2 aromatic heterocycles. The van der Waals surface area contributed by atoms with Crippen molar-refractivity contribution in [1.82, 2.24) is 19.9 Å². The topological polar surface area (TPSA) is 59.8 Å². The smallest absolute Gasteiger partial charge is 0.269 e. The second kappa shape index (κ2) is 8.13. The summed E-state index contributed by atoms with van der Waals surface area (Å²) in [6.07, 6.45) is 1.78. The van der Waals surface area contributed by atoms with Crippen molar-refractivity contribution in [2.45, 2.75) is 31.7 Å². The summed E-state index contributed by atoms with van der Waals surface area (Å²) in [6, 6.07) is 28.2. The van der Waals surface area contributed by atoms with Crippen LogP contribution < -0.4 is 5.32 Å². The van der Waals surface area contributed by atoms with Gasteiger partial charge in [0.25, 0.3) is 5.91 Å². The molecule has 1 aliphatic carbocycles. The highest BCUT2D eigenvalue weighted by Crippen LogP contribution is 2.70. The van der Waals surface area contributed by atoms with Gasteiger partial charge in [0.2, 0.25) is 0 Å². The molecule has 182 valence electrons. The third-order valence-electron chi connectivity index (χ3n) is 8.23. The molecule has 4 atom stereocenters. The SMILES string of the molecule is CNC(=O)c1ccc(-c2ccc3nc4n(c3c2)[C@H](c2cc(C)ccc2C)[C@@H]2[C@@H](c3ccccc3)[C@H]42)cn1. The van der Waals surface area contributed by atoms with E-state index in [2.05, 4.69) is 95.4 Å². The fourth-order valence-corrected chi connectivity index (χ4v) is 6.41. The Morgan fingerprint density at radius 1 is 0.892 bits per heavy atom. The summed E-state index contributed by atoms with van der Waals surface area (Å²) in [4.78, 5) is 21.5. The van der Waals surface area contributed by atoms with Crippen LogP contribution in [0.3, 0.4) is 0 Å². The Morgan fingerprint density at radius 2 is 1.70 bits per heavy atom. The van der Waals surface area contributed by atoms with Crippen molar-refractivity contribution < 1.29 is 4.79 Å². The zero-order valence-corrected chi connectivity index (χ0v) is 21.1. The number of pyridine rings is 1. The van der Waals surface area contributed by atoms with Gasteiger partial charge in [0, 0.05) is 30.6 Å². The molecule has 1 N–H and O–H groups in total. The summed E-state index contributed by atoms with van der Waals surface area (Å²) >= 11 is 0. The number of aryl methyl sites for hydroxylation is 2. The van der Waals surface area contributed by atoms with E-state index < -0.39 is 0 Å². The van der Waals surface area contributed by atoms with Crippen molar-refractivity contribution in [2.75, 3.05) is 7.05 Å². The molecule has 0 saturated heterocycles. The number of carbonyl (C=O) groups excluding carboxylic acids is 1. The highest BCUT2D eigenvalue weighted by Gasteiger charge is 2.63. The Kier molecular flexibility index (Phi) is 4.83. The maximum Gasteiger partial charge on any atom is 0.269 e. The van der Waals surface area contributed by atoms with Crippen molar-refractivity contribution in [2.24, 2.45) is 5.92 Å². The Balaban J connectivity index is 1.37. The van der Waals surface area contributed by atoms with E-state index in [0.29, 0.717) is 23.4 Å². The molecule has 5 heteroatoms. The average molecular weight is 485 g/mol. The van der Waals surface area contributed by atoms with E-state index in [0.717, 1.165) is 22.2 Å². The van der Waals surface area contributed by atoms with E-state index in [1.54, 1.807) is 19.3 Å². The molecule has 37 heavy (non-hydrogen) atoms. The average Bonchev–Trinajstić information content (AvgIpc) is 3.42. The largest absolute Gasteiger partial charge is 0.354 e. The zero-order valence-electron chi connectivity index (χ0n) is 21.1. The maximum atomic E-state index is 11.9. The van der Waals surface area contributed by atoms with Gasteiger partial charge in [-0.2, -0.15) is 0 Å². The minimum Gasteiger partial charge on any atom is -0.354 e. The monoisotopic (exact) mass is 484 g/mol. The lowest BCUT2D eigenvalue weighted by Gasteiger charge is -2.23. The van der Waals surface area contributed by atoms with E-state index in [-0.39, 0.29) is 11.9 Å². The van der Waals surface area contributed by atoms with E-state index in [1.165, 1.54) is 28.1 Å². The molecule has 0 spiro atoms. The Hall–Kier alpha value is -4.25. The van der Waals surface area contributed by atoms with E-state index in [4.69, 9.17) is 4.98 Å². The lowest BCUT2D eigenvalue weighted by atomic mass is 9.93. The van der Waals surface area contributed by atoms with Gasteiger partial charge in [0.05, 0.1) is 17.1 Å². The number of hydrogen-bond donors (Lipinski definition) is 1. The first-order valence-electron chi connectivity index (χ1n) is 12.9. The molecule has 0 unspecified atom stereocenters. The Bertz CT molecular complexity index is 1670. The molecule has 1 fully saturated rings. The molecular formula is C32H28N4O. The summed E-state index contributed by atoms with van der Waals surface area (Å²) in [5.74, 6) is 2.45. The van der Waals surface area contributed by atoms with Gasteiger partial charge >= 0.3 is 0 Å². The van der Waals surface area contributed by atoms with Crippen LogP contribution in [-0.4, -0.2) is 27.5 Å². The van der Waals surface area contributed by atoms with Gasteiger partial charge < -0.3 is 9.88 Å².